The highest BCUT2D eigenvalue weighted by molar-refractivity contribution is 7.98. The van der Waals surface area contributed by atoms with Crippen LogP contribution < -0.4 is 0 Å². The van der Waals surface area contributed by atoms with Gasteiger partial charge in [0.2, 0.25) is 0 Å². The summed E-state index contributed by atoms with van der Waals surface area (Å²) in [5, 5.41) is 0. The van der Waals surface area contributed by atoms with Crippen LogP contribution in [0, 0.1) is 0 Å². The van der Waals surface area contributed by atoms with Crippen LogP contribution in [0.25, 0.3) is 0 Å². The second-order valence-electron chi connectivity index (χ2n) is 5.15. The van der Waals surface area contributed by atoms with Gasteiger partial charge in [-0.1, -0.05) is 30.4 Å². The van der Waals surface area contributed by atoms with Gasteiger partial charge in [0.25, 0.3) is 5.91 Å². The van der Waals surface area contributed by atoms with Gasteiger partial charge in [-0.3, -0.25) is 4.79 Å². The first-order valence-electron chi connectivity index (χ1n) is 7.29. The summed E-state index contributed by atoms with van der Waals surface area (Å²) in [6.45, 7) is 8.95. The van der Waals surface area contributed by atoms with E-state index in [4.69, 9.17) is 4.42 Å². The second kappa shape index (κ2) is 7.90. The summed E-state index contributed by atoms with van der Waals surface area (Å²) in [7, 11) is 0. The summed E-state index contributed by atoms with van der Waals surface area (Å²) in [6, 6.07) is 12.0. The first-order valence-corrected chi connectivity index (χ1v) is 8.28. The molecule has 0 radical (unpaired) electrons. The van der Waals surface area contributed by atoms with Crippen molar-refractivity contribution in [3.05, 3.63) is 66.1 Å². The number of carbonyl (C=O) groups is 1. The molecular formula is C18H21NO2S. The number of nitrogens with zero attached hydrogens (tertiary/aromatic N) is 1. The molecule has 1 aromatic carbocycles. The highest BCUT2D eigenvalue weighted by atomic mass is 32.2. The Bertz CT molecular complexity index is 634. The molecule has 116 valence electrons. The largest absolute Gasteiger partial charge is 0.459 e. The summed E-state index contributed by atoms with van der Waals surface area (Å²) in [4.78, 5) is 15.5. The maximum absolute atomic E-state index is 12.6. The predicted octanol–water partition coefficient (Wildman–Crippen LogP) is 4.61. The van der Waals surface area contributed by atoms with Gasteiger partial charge in [-0.15, -0.1) is 11.8 Å². The fourth-order valence-electron chi connectivity index (χ4n) is 2.11. The van der Waals surface area contributed by atoms with Crippen LogP contribution in [0.15, 0.2) is 64.1 Å². The van der Waals surface area contributed by atoms with E-state index in [1.54, 1.807) is 22.9 Å². The normalized spacial score (nSPS) is 10.5. The fraction of sp³-hybridized carbons (Fsp3) is 0.278. The number of benzene rings is 1. The summed E-state index contributed by atoms with van der Waals surface area (Å²) >= 11 is 1.69. The summed E-state index contributed by atoms with van der Waals surface area (Å²) < 4.78 is 5.45. The molecule has 0 spiro atoms. The molecule has 22 heavy (non-hydrogen) atoms. The van der Waals surface area contributed by atoms with Gasteiger partial charge in [-0.05, 0) is 32.0 Å². The lowest BCUT2D eigenvalue weighted by atomic mass is 10.2. The molecule has 1 aromatic heterocycles. The Labute approximate surface area is 136 Å². The molecule has 2 rings (SSSR count). The first kappa shape index (κ1) is 16.4. The number of likely N-dealkylation sites (N-methyl/N-ethyl adjacent to an activating group) is 1. The van der Waals surface area contributed by atoms with Crippen LogP contribution in [0.2, 0.25) is 0 Å². The molecule has 2 aromatic rings. The predicted molar refractivity (Wildman–Crippen MR) is 91.1 cm³/mol. The quantitative estimate of drug-likeness (QED) is 0.552. The Morgan fingerprint density at radius 2 is 2.00 bits per heavy atom. The minimum absolute atomic E-state index is 0.0702. The van der Waals surface area contributed by atoms with E-state index in [1.165, 1.54) is 4.90 Å². The van der Waals surface area contributed by atoms with Gasteiger partial charge in [0.15, 0.2) is 5.76 Å². The fourth-order valence-corrected chi connectivity index (χ4v) is 3.01. The van der Waals surface area contributed by atoms with E-state index in [0.29, 0.717) is 24.6 Å². The third kappa shape index (κ3) is 4.28. The number of furan rings is 1. The lowest BCUT2D eigenvalue weighted by molar-refractivity contribution is 0.0745. The van der Waals surface area contributed by atoms with Crippen LogP contribution >= 0.6 is 11.8 Å². The molecule has 0 fully saturated rings. The van der Waals surface area contributed by atoms with Crippen LogP contribution in [-0.2, 0) is 5.75 Å². The molecule has 1 amide bonds. The Morgan fingerprint density at radius 3 is 2.64 bits per heavy atom. The van der Waals surface area contributed by atoms with E-state index >= 15 is 0 Å². The minimum atomic E-state index is -0.0702. The number of amides is 1. The number of rotatable bonds is 7. The summed E-state index contributed by atoms with van der Waals surface area (Å²) in [6.07, 6.45) is 1.59. The van der Waals surface area contributed by atoms with Crippen molar-refractivity contribution in [2.75, 3.05) is 13.1 Å². The lowest BCUT2D eigenvalue weighted by Gasteiger charge is -2.20. The molecule has 0 saturated carbocycles. The van der Waals surface area contributed by atoms with Gasteiger partial charge >= 0.3 is 0 Å². The van der Waals surface area contributed by atoms with Crippen molar-refractivity contribution in [3.63, 3.8) is 0 Å². The van der Waals surface area contributed by atoms with Crippen molar-refractivity contribution < 1.29 is 9.21 Å². The smallest absolute Gasteiger partial charge is 0.290 e. The molecule has 0 aliphatic rings. The highest BCUT2D eigenvalue weighted by Crippen LogP contribution is 2.25. The van der Waals surface area contributed by atoms with Crippen LogP contribution in [0.3, 0.4) is 0 Å². The van der Waals surface area contributed by atoms with Gasteiger partial charge in [-0.2, -0.15) is 0 Å². The highest BCUT2D eigenvalue weighted by Gasteiger charge is 2.21. The Morgan fingerprint density at radius 1 is 1.27 bits per heavy atom. The summed E-state index contributed by atoms with van der Waals surface area (Å²) in [5.74, 6) is 1.08. The van der Waals surface area contributed by atoms with Crippen LogP contribution in [-0.4, -0.2) is 23.9 Å². The minimum Gasteiger partial charge on any atom is -0.459 e. The Hall–Kier alpha value is -1.94. The molecule has 0 atom stereocenters. The maximum Gasteiger partial charge on any atom is 0.290 e. The zero-order valence-corrected chi connectivity index (χ0v) is 13.9. The third-order valence-electron chi connectivity index (χ3n) is 3.21. The first-order chi connectivity index (χ1) is 10.6. The molecule has 0 N–H and O–H groups in total. The molecule has 3 nitrogen and oxygen atoms in total. The van der Waals surface area contributed by atoms with E-state index in [2.05, 4.69) is 18.7 Å². The number of carbonyl (C=O) groups excluding carboxylic acids is 1. The van der Waals surface area contributed by atoms with Crippen molar-refractivity contribution in [3.8, 4) is 0 Å². The molecule has 0 saturated heterocycles. The summed E-state index contributed by atoms with van der Waals surface area (Å²) in [5.41, 5.74) is 1.89. The zero-order valence-electron chi connectivity index (χ0n) is 13.0. The van der Waals surface area contributed by atoms with Crippen LogP contribution in [0.1, 0.15) is 30.0 Å². The number of thioether (sulfide) groups is 1. The van der Waals surface area contributed by atoms with Gasteiger partial charge in [0.1, 0.15) is 0 Å². The molecule has 0 unspecified atom stereocenters. The lowest BCUT2D eigenvalue weighted by Crippen LogP contribution is -2.32. The van der Waals surface area contributed by atoms with E-state index in [1.807, 2.05) is 38.1 Å². The number of hydrogen-bond acceptors (Lipinski definition) is 3. The standard InChI is InChI=1S/C18H21NO2S/c1-4-19(12-14(2)3)18(20)17-15(10-11-21-17)13-22-16-8-6-5-7-9-16/h5-11H,2,4,12-13H2,1,3H3. The van der Waals surface area contributed by atoms with Crippen molar-refractivity contribution in [2.24, 2.45) is 0 Å². The SMILES string of the molecule is C=C(C)CN(CC)C(=O)c1occc1CSc1ccccc1. The Balaban J connectivity index is 2.08. The van der Waals surface area contributed by atoms with Crippen LogP contribution in [0.5, 0.6) is 0 Å². The van der Waals surface area contributed by atoms with Gasteiger partial charge in [0, 0.05) is 29.3 Å². The van der Waals surface area contributed by atoms with Crippen molar-refractivity contribution >= 4 is 17.7 Å². The van der Waals surface area contributed by atoms with Crippen LogP contribution in [0.4, 0.5) is 0 Å². The average molecular weight is 315 g/mol. The third-order valence-corrected chi connectivity index (χ3v) is 4.27. The molecule has 0 aliphatic carbocycles. The molecular weight excluding hydrogens is 294 g/mol. The Kier molecular flexibility index (Phi) is 5.90. The van der Waals surface area contributed by atoms with Crippen molar-refractivity contribution in [1.82, 2.24) is 4.90 Å². The van der Waals surface area contributed by atoms with E-state index in [0.717, 1.165) is 11.1 Å². The van der Waals surface area contributed by atoms with Gasteiger partial charge in [0.05, 0.1) is 6.26 Å². The second-order valence-corrected chi connectivity index (χ2v) is 6.20. The van der Waals surface area contributed by atoms with Crippen molar-refractivity contribution in [1.29, 1.82) is 0 Å². The zero-order chi connectivity index (χ0) is 15.9. The van der Waals surface area contributed by atoms with Gasteiger partial charge in [-0.25, -0.2) is 0 Å². The van der Waals surface area contributed by atoms with E-state index < -0.39 is 0 Å². The number of hydrogen-bond donors (Lipinski definition) is 0. The van der Waals surface area contributed by atoms with E-state index in [9.17, 15) is 4.79 Å². The van der Waals surface area contributed by atoms with Crippen molar-refractivity contribution in [2.45, 2.75) is 24.5 Å². The van der Waals surface area contributed by atoms with Gasteiger partial charge < -0.3 is 9.32 Å². The molecule has 4 heteroatoms. The molecule has 0 aliphatic heterocycles. The topological polar surface area (TPSA) is 33.5 Å². The van der Waals surface area contributed by atoms with E-state index in [-0.39, 0.29) is 5.91 Å². The average Bonchev–Trinajstić information content (AvgIpc) is 2.99. The maximum atomic E-state index is 12.6. The monoisotopic (exact) mass is 315 g/mol. The molecule has 0 bridgehead atoms. The molecule has 1 heterocycles.